The molecular formula is C36H35F3O10. The minimum atomic E-state index is -5.16. The number of methoxy groups -OCH3 is 4. The van der Waals surface area contributed by atoms with Crippen molar-refractivity contribution in [3.05, 3.63) is 101 Å². The lowest BCUT2D eigenvalue weighted by Gasteiger charge is -2.41. The number of carbonyl (C=O) groups excluding carboxylic acids is 3. The van der Waals surface area contributed by atoms with Crippen LogP contribution in [0.2, 0.25) is 0 Å². The number of alkyl halides is 3. The summed E-state index contributed by atoms with van der Waals surface area (Å²) in [7, 11) is 4.73. The van der Waals surface area contributed by atoms with Crippen molar-refractivity contribution in [3.8, 4) is 11.5 Å². The Balaban J connectivity index is 1.51. The molecule has 260 valence electrons. The Morgan fingerprint density at radius 1 is 0.898 bits per heavy atom. The Bertz CT molecular complexity index is 1770. The third-order valence-corrected chi connectivity index (χ3v) is 8.74. The fraction of sp³-hybridized carbons (Fsp3) is 0.361. The van der Waals surface area contributed by atoms with E-state index in [1.165, 1.54) is 32.4 Å². The molecule has 0 fully saturated rings. The van der Waals surface area contributed by atoms with Crippen LogP contribution < -0.4 is 9.47 Å². The van der Waals surface area contributed by atoms with Crippen molar-refractivity contribution in [2.45, 2.75) is 55.8 Å². The molecular weight excluding hydrogens is 649 g/mol. The second-order valence-corrected chi connectivity index (χ2v) is 12.0. The number of benzene rings is 3. The summed E-state index contributed by atoms with van der Waals surface area (Å²) in [6.45, 7) is 3.18. The van der Waals surface area contributed by atoms with Crippen molar-refractivity contribution in [3.63, 3.8) is 0 Å². The molecule has 3 atom stereocenters. The van der Waals surface area contributed by atoms with E-state index < -0.39 is 52.6 Å². The lowest BCUT2D eigenvalue weighted by molar-refractivity contribution is -0.280. The SMILES string of the molecule is COC(=O)[C@]1(Cc2ccc3c(c2)C[C@H](OC(=O)[C@@](OC)(c2ccccc2)C(F)(F)F)C(C)(C)O3)OC(=O)C(OC)=C1c1ccc(OC)cc1. The van der Waals surface area contributed by atoms with Crippen LogP contribution in [-0.4, -0.2) is 69.8 Å². The Hall–Kier alpha value is -5.04. The predicted molar refractivity (Wildman–Crippen MR) is 167 cm³/mol. The average molecular weight is 685 g/mol. The van der Waals surface area contributed by atoms with E-state index in [0.29, 0.717) is 28.2 Å². The molecule has 0 bridgehead atoms. The summed E-state index contributed by atoms with van der Waals surface area (Å²) in [5.41, 5.74) is -5.54. The van der Waals surface area contributed by atoms with Gasteiger partial charge in [0.25, 0.3) is 5.60 Å². The normalized spacial score (nSPS) is 21.1. The van der Waals surface area contributed by atoms with Gasteiger partial charge in [0.15, 0.2) is 0 Å². The maximum Gasteiger partial charge on any atom is 0.432 e. The largest absolute Gasteiger partial charge is 0.497 e. The van der Waals surface area contributed by atoms with Crippen LogP contribution in [0, 0.1) is 0 Å². The monoisotopic (exact) mass is 684 g/mol. The molecule has 0 aromatic heterocycles. The fourth-order valence-electron chi connectivity index (χ4n) is 6.22. The third-order valence-electron chi connectivity index (χ3n) is 8.74. The van der Waals surface area contributed by atoms with Crippen LogP contribution in [-0.2, 0) is 56.5 Å². The highest BCUT2D eigenvalue weighted by atomic mass is 19.4. The molecule has 49 heavy (non-hydrogen) atoms. The van der Waals surface area contributed by atoms with Gasteiger partial charge in [-0.15, -0.1) is 0 Å². The zero-order chi connectivity index (χ0) is 35.8. The van der Waals surface area contributed by atoms with Gasteiger partial charge in [0.05, 0.1) is 26.9 Å². The van der Waals surface area contributed by atoms with Gasteiger partial charge in [-0.2, -0.15) is 13.2 Å². The minimum absolute atomic E-state index is 0.0517. The van der Waals surface area contributed by atoms with E-state index >= 15 is 0 Å². The standard InChI is InChI=1S/C36H35F3O10/c1-33(2)27(47-32(42)35(46-6,36(37,38)39)24-10-8-7-9-11-24)19-23-18-21(12-17-26(23)48-33)20-34(31(41)45-5)28(29(44-4)30(40)49-34)22-13-15-25(43-3)16-14-22/h7-18,27H,19-20H2,1-6H3/t27-,34+,35-/m0/s1. The average Bonchev–Trinajstić information content (AvgIpc) is 3.36. The van der Waals surface area contributed by atoms with Crippen LogP contribution in [0.5, 0.6) is 11.5 Å². The van der Waals surface area contributed by atoms with Gasteiger partial charge in [-0.25, -0.2) is 14.4 Å². The van der Waals surface area contributed by atoms with E-state index in [-0.39, 0.29) is 24.2 Å². The number of ether oxygens (including phenoxy) is 7. The molecule has 3 aromatic rings. The van der Waals surface area contributed by atoms with E-state index in [9.17, 15) is 27.6 Å². The molecule has 0 amide bonds. The maximum atomic E-state index is 14.6. The van der Waals surface area contributed by atoms with Crippen molar-refractivity contribution < 1.29 is 60.7 Å². The topological polar surface area (TPSA) is 116 Å². The second-order valence-electron chi connectivity index (χ2n) is 12.0. The molecule has 0 unspecified atom stereocenters. The number of rotatable bonds is 10. The first-order chi connectivity index (χ1) is 23.2. The summed E-state index contributed by atoms with van der Waals surface area (Å²) < 4.78 is 82.0. The number of carbonyl (C=O) groups is 3. The van der Waals surface area contributed by atoms with E-state index in [0.717, 1.165) is 26.4 Å². The summed E-state index contributed by atoms with van der Waals surface area (Å²) in [4.78, 5) is 40.1. The molecule has 0 radical (unpaired) electrons. The fourth-order valence-corrected chi connectivity index (χ4v) is 6.22. The molecule has 10 nitrogen and oxygen atoms in total. The molecule has 5 rings (SSSR count). The first kappa shape index (κ1) is 35.3. The molecule has 0 saturated heterocycles. The predicted octanol–water partition coefficient (Wildman–Crippen LogP) is 5.49. The summed E-state index contributed by atoms with van der Waals surface area (Å²) in [5.74, 6) is -2.67. The van der Waals surface area contributed by atoms with Crippen molar-refractivity contribution in [1.82, 2.24) is 0 Å². The molecule has 3 aromatic carbocycles. The van der Waals surface area contributed by atoms with Crippen molar-refractivity contribution in [1.29, 1.82) is 0 Å². The lowest BCUT2D eigenvalue weighted by Crippen LogP contribution is -2.56. The summed E-state index contributed by atoms with van der Waals surface area (Å²) in [6.07, 6.45) is -6.63. The van der Waals surface area contributed by atoms with Crippen LogP contribution in [0.25, 0.3) is 5.57 Å². The molecule has 2 heterocycles. The number of esters is 3. The van der Waals surface area contributed by atoms with E-state index in [2.05, 4.69) is 0 Å². The number of fused-ring (bicyclic) bond motifs is 1. The summed E-state index contributed by atoms with van der Waals surface area (Å²) >= 11 is 0. The lowest BCUT2D eigenvalue weighted by atomic mass is 9.82. The Morgan fingerprint density at radius 3 is 2.14 bits per heavy atom. The first-order valence-corrected chi connectivity index (χ1v) is 15.1. The summed E-state index contributed by atoms with van der Waals surface area (Å²) in [6, 6.07) is 18.0. The third kappa shape index (κ3) is 6.07. The molecule has 2 aliphatic heterocycles. The number of halogens is 3. The quantitative estimate of drug-likeness (QED) is 0.201. The number of hydrogen-bond acceptors (Lipinski definition) is 10. The van der Waals surface area contributed by atoms with Gasteiger partial charge in [0.1, 0.15) is 23.2 Å². The van der Waals surface area contributed by atoms with Crippen LogP contribution >= 0.6 is 0 Å². The summed E-state index contributed by atoms with van der Waals surface area (Å²) in [5, 5.41) is 0. The first-order valence-electron chi connectivity index (χ1n) is 15.1. The highest BCUT2D eigenvalue weighted by Gasteiger charge is 2.65. The van der Waals surface area contributed by atoms with Gasteiger partial charge < -0.3 is 33.2 Å². The van der Waals surface area contributed by atoms with Gasteiger partial charge in [-0.1, -0.05) is 54.6 Å². The van der Waals surface area contributed by atoms with Gasteiger partial charge >= 0.3 is 24.1 Å². The zero-order valence-electron chi connectivity index (χ0n) is 27.6. The Labute approximate surface area is 280 Å². The van der Waals surface area contributed by atoms with Gasteiger partial charge in [0, 0.05) is 25.5 Å². The molecule has 0 spiro atoms. The van der Waals surface area contributed by atoms with E-state index in [1.807, 2.05) is 0 Å². The number of hydrogen-bond donors (Lipinski definition) is 0. The number of cyclic esters (lactones) is 1. The van der Waals surface area contributed by atoms with Crippen LogP contribution in [0.3, 0.4) is 0 Å². The molecule has 0 N–H and O–H groups in total. The highest BCUT2D eigenvalue weighted by molar-refractivity contribution is 6.11. The Morgan fingerprint density at radius 2 is 1.57 bits per heavy atom. The minimum Gasteiger partial charge on any atom is -0.497 e. The van der Waals surface area contributed by atoms with Crippen molar-refractivity contribution in [2.24, 2.45) is 0 Å². The molecule has 0 saturated carbocycles. The zero-order valence-corrected chi connectivity index (χ0v) is 27.6. The maximum absolute atomic E-state index is 14.6. The molecule has 2 aliphatic rings. The second kappa shape index (κ2) is 13.1. The van der Waals surface area contributed by atoms with Crippen molar-refractivity contribution in [2.75, 3.05) is 28.4 Å². The van der Waals surface area contributed by atoms with Crippen molar-refractivity contribution >= 4 is 23.5 Å². The van der Waals surface area contributed by atoms with Crippen LogP contribution in [0.15, 0.2) is 78.6 Å². The van der Waals surface area contributed by atoms with Gasteiger partial charge in [0.2, 0.25) is 11.4 Å². The molecule has 13 heteroatoms. The van der Waals surface area contributed by atoms with E-state index in [1.54, 1.807) is 56.3 Å². The van der Waals surface area contributed by atoms with Crippen LogP contribution in [0.4, 0.5) is 13.2 Å². The smallest absolute Gasteiger partial charge is 0.432 e. The van der Waals surface area contributed by atoms with Gasteiger partial charge in [-0.3, -0.25) is 0 Å². The Kier molecular flexibility index (Phi) is 9.44. The highest BCUT2D eigenvalue weighted by Crippen LogP contribution is 2.46. The van der Waals surface area contributed by atoms with Crippen LogP contribution in [0.1, 0.15) is 36.1 Å². The van der Waals surface area contributed by atoms with E-state index in [4.69, 9.17) is 33.2 Å². The van der Waals surface area contributed by atoms with Gasteiger partial charge in [-0.05, 0) is 48.7 Å². The molecule has 0 aliphatic carbocycles.